The van der Waals surface area contributed by atoms with E-state index in [1.807, 2.05) is 0 Å². The first-order chi connectivity index (χ1) is 5.24. The van der Waals surface area contributed by atoms with Gasteiger partial charge in [0.05, 0.1) is 6.10 Å². The summed E-state index contributed by atoms with van der Waals surface area (Å²) in [5, 5.41) is 9.27. The summed E-state index contributed by atoms with van der Waals surface area (Å²) in [5.74, 6) is -0.391. The summed E-state index contributed by atoms with van der Waals surface area (Å²) in [6.45, 7) is 3.47. The molecule has 1 aliphatic rings. The number of esters is 1. The first kappa shape index (κ1) is 8.01. The van der Waals surface area contributed by atoms with Gasteiger partial charge in [0.2, 0.25) is 0 Å². The van der Waals surface area contributed by atoms with Crippen molar-refractivity contribution in [3.63, 3.8) is 0 Å². The summed E-state index contributed by atoms with van der Waals surface area (Å²) in [4.78, 5) is 10.5. The number of hydrogen-bond donors (Lipinski definition) is 1. The minimum Gasteiger partial charge on any atom is -0.452 e. The lowest BCUT2D eigenvalue weighted by Gasteiger charge is -2.13. The molecule has 3 heteroatoms. The van der Waals surface area contributed by atoms with Crippen molar-refractivity contribution in [2.75, 3.05) is 0 Å². The fraction of sp³-hybridized carbons (Fsp3) is 0.375. The molecule has 0 aliphatic carbocycles. The van der Waals surface area contributed by atoms with Crippen LogP contribution in [-0.2, 0) is 9.53 Å². The highest BCUT2D eigenvalue weighted by Crippen LogP contribution is 2.11. The molecule has 1 aliphatic heterocycles. The molecule has 0 bridgehead atoms. The molecule has 1 rings (SSSR count). The number of cyclic esters (lactones) is 1. The molecule has 0 radical (unpaired) electrons. The third kappa shape index (κ3) is 1.91. The van der Waals surface area contributed by atoms with Gasteiger partial charge in [-0.15, -0.1) is 6.58 Å². The average molecular weight is 154 g/mol. The van der Waals surface area contributed by atoms with E-state index in [4.69, 9.17) is 4.74 Å². The molecule has 11 heavy (non-hydrogen) atoms. The molecule has 2 atom stereocenters. The Balaban J connectivity index is 2.43. The number of carbonyl (C=O) groups excluding carboxylic acids is 1. The number of carbonyl (C=O) groups is 1. The maximum Gasteiger partial charge on any atom is 0.331 e. The summed E-state index contributed by atoms with van der Waals surface area (Å²) in [7, 11) is 0. The molecular formula is C8H10O3. The SMILES string of the molecule is C=CCC(O)C1C=CC(=O)O1. The van der Waals surface area contributed by atoms with Crippen LogP contribution < -0.4 is 0 Å². The molecule has 0 saturated carbocycles. The molecule has 2 unspecified atom stereocenters. The first-order valence-corrected chi connectivity index (χ1v) is 3.42. The van der Waals surface area contributed by atoms with E-state index < -0.39 is 18.2 Å². The molecule has 1 N–H and O–H groups in total. The van der Waals surface area contributed by atoms with Crippen molar-refractivity contribution in [3.8, 4) is 0 Å². The Bertz CT molecular complexity index is 196. The smallest absolute Gasteiger partial charge is 0.331 e. The van der Waals surface area contributed by atoms with Crippen LogP contribution in [0.15, 0.2) is 24.8 Å². The fourth-order valence-corrected chi connectivity index (χ4v) is 0.898. The van der Waals surface area contributed by atoms with Crippen LogP contribution >= 0.6 is 0 Å². The molecule has 0 aromatic carbocycles. The van der Waals surface area contributed by atoms with Gasteiger partial charge < -0.3 is 9.84 Å². The zero-order chi connectivity index (χ0) is 8.27. The van der Waals surface area contributed by atoms with Gasteiger partial charge in [-0.1, -0.05) is 6.08 Å². The summed E-state index contributed by atoms with van der Waals surface area (Å²) >= 11 is 0. The van der Waals surface area contributed by atoms with Crippen LogP contribution in [0.3, 0.4) is 0 Å². The van der Waals surface area contributed by atoms with Crippen LogP contribution in [0, 0.1) is 0 Å². The Labute approximate surface area is 65.0 Å². The van der Waals surface area contributed by atoms with Gasteiger partial charge in [0.1, 0.15) is 6.10 Å². The van der Waals surface area contributed by atoms with Crippen molar-refractivity contribution in [2.24, 2.45) is 0 Å². The molecule has 0 saturated heterocycles. The van der Waals surface area contributed by atoms with Gasteiger partial charge >= 0.3 is 5.97 Å². The second kappa shape index (κ2) is 3.34. The second-order valence-corrected chi connectivity index (χ2v) is 2.35. The van der Waals surface area contributed by atoms with Gasteiger partial charge in [-0.05, 0) is 12.5 Å². The van der Waals surface area contributed by atoms with Gasteiger partial charge in [0.15, 0.2) is 0 Å². The van der Waals surface area contributed by atoms with Crippen molar-refractivity contribution in [2.45, 2.75) is 18.6 Å². The van der Waals surface area contributed by atoms with E-state index in [0.29, 0.717) is 6.42 Å². The highest BCUT2D eigenvalue weighted by atomic mass is 16.6. The summed E-state index contributed by atoms with van der Waals surface area (Å²) < 4.78 is 4.73. The maximum absolute atomic E-state index is 10.5. The van der Waals surface area contributed by atoms with Crippen molar-refractivity contribution < 1.29 is 14.6 Å². The summed E-state index contributed by atoms with van der Waals surface area (Å²) in [6, 6.07) is 0. The topological polar surface area (TPSA) is 46.5 Å². The molecule has 1 heterocycles. The van der Waals surface area contributed by atoms with Gasteiger partial charge in [0, 0.05) is 6.08 Å². The predicted octanol–water partition coefficient (Wildman–Crippen LogP) is 0.405. The van der Waals surface area contributed by atoms with Gasteiger partial charge in [-0.3, -0.25) is 0 Å². The largest absolute Gasteiger partial charge is 0.452 e. The van der Waals surface area contributed by atoms with E-state index in [1.165, 1.54) is 6.08 Å². The lowest BCUT2D eigenvalue weighted by Crippen LogP contribution is -2.24. The van der Waals surface area contributed by atoms with Crippen LogP contribution in [0.1, 0.15) is 6.42 Å². The minimum absolute atomic E-state index is 0.391. The molecule has 60 valence electrons. The zero-order valence-corrected chi connectivity index (χ0v) is 6.06. The lowest BCUT2D eigenvalue weighted by atomic mass is 10.1. The Morgan fingerprint density at radius 2 is 2.64 bits per heavy atom. The minimum atomic E-state index is -0.657. The lowest BCUT2D eigenvalue weighted by molar-refractivity contribution is -0.142. The van der Waals surface area contributed by atoms with Crippen LogP contribution in [-0.4, -0.2) is 23.3 Å². The Hall–Kier alpha value is -1.09. The normalized spacial score (nSPS) is 24.8. The molecular weight excluding hydrogens is 144 g/mol. The van der Waals surface area contributed by atoms with E-state index in [9.17, 15) is 9.90 Å². The average Bonchev–Trinajstić information content (AvgIpc) is 2.36. The monoisotopic (exact) mass is 154 g/mol. The quantitative estimate of drug-likeness (QED) is 0.473. The number of ether oxygens (including phenoxy) is 1. The van der Waals surface area contributed by atoms with Crippen molar-refractivity contribution in [1.29, 1.82) is 0 Å². The molecule has 0 aromatic rings. The van der Waals surface area contributed by atoms with Crippen LogP contribution in [0.25, 0.3) is 0 Å². The maximum atomic E-state index is 10.5. The number of aliphatic hydroxyl groups excluding tert-OH is 1. The zero-order valence-electron chi connectivity index (χ0n) is 6.06. The van der Waals surface area contributed by atoms with Gasteiger partial charge in [-0.25, -0.2) is 4.79 Å². The number of rotatable bonds is 3. The van der Waals surface area contributed by atoms with E-state index in [0.717, 1.165) is 0 Å². The van der Waals surface area contributed by atoms with Crippen molar-refractivity contribution in [1.82, 2.24) is 0 Å². The van der Waals surface area contributed by atoms with Crippen LogP contribution in [0.4, 0.5) is 0 Å². The van der Waals surface area contributed by atoms with Crippen LogP contribution in [0.5, 0.6) is 0 Å². The third-order valence-electron chi connectivity index (χ3n) is 1.46. The molecule has 0 aromatic heterocycles. The van der Waals surface area contributed by atoms with E-state index >= 15 is 0 Å². The number of hydrogen-bond acceptors (Lipinski definition) is 3. The fourth-order valence-electron chi connectivity index (χ4n) is 0.898. The summed E-state index contributed by atoms with van der Waals surface area (Å²) in [5.41, 5.74) is 0. The second-order valence-electron chi connectivity index (χ2n) is 2.35. The summed E-state index contributed by atoms with van der Waals surface area (Å²) in [6.07, 6.45) is 3.75. The van der Waals surface area contributed by atoms with Crippen molar-refractivity contribution >= 4 is 5.97 Å². The van der Waals surface area contributed by atoms with Gasteiger partial charge in [0.25, 0.3) is 0 Å². The van der Waals surface area contributed by atoms with E-state index in [-0.39, 0.29) is 0 Å². The van der Waals surface area contributed by atoms with E-state index in [2.05, 4.69) is 6.58 Å². The molecule has 3 nitrogen and oxygen atoms in total. The molecule has 0 fully saturated rings. The molecule has 0 amide bonds. The molecule has 0 spiro atoms. The Kier molecular flexibility index (Phi) is 2.44. The van der Waals surface area contributed by atoms with Crippen LogP contribution in [0.2, 0.25) is 0 Å². The highest BCUT2D eigenvalue weighted by Gasteiger charge is 2.23. The predicted molar refractivity (Wildman–Crippen MR) is 39.8 cm³/mol. The van der Waals surface area contributed by atoms with E-state index in [1.54, 1.807) is 12.2 Å². The first-order valence-electron chi connectivity index (χ1n) is 3.42. The standard InChI is InChI=1S/C8H10O3/c1-2-3-6(9)7-4-5-8(10)11-7/h2,4-7,9H,1,3H2. The van der Waals surface area contributed by atoms with Crippen molar-refractivity contribution in [3.05, 3.63) is 24.8 Å². The number of aliphatic hydroxyl groups is 1. The highest BCUT2D eigenvalue weighted by molar-refractivity contribution is 5.84. The van der Waals surface area contributed by atoms with Gasteiger partial charge in [-0.2, -0.15) is 0 Å². The Morgan fingerprint density at radius 3 is 3.09 bits per heavy atom. The Morgan fingerprint density at radius 1 is 1.91 bits per heavy atom. The third-order valence-corrected chi connectivity index (χ3v) is 1.46.